The Bertz CT molecular complexity index is 422. The molecule has 1 aromatic carbocycles. The Hall–Kier alpha value is -1.42. The van der Waals surface area contributed by atoms with E-state index in [9.17, 15) is 0 Å². The zero-order chi connectivity index (χ0) is 9.26. The lowest BCUT2D eigenvalue weighted by Gasteiger charge is -1.98. The van der Waals surface area contributed by atoms with Gasteiger partial charge in [0.25, 0.3) is 0 Å². The van der Waals surface area contributed by atoms with Crippen molar-refractivity contribution in [1.82, 2.24) is 8.75 Å². The first-order valence-electron chi connectivity index (χ1n) is 3.92. The van der Waals surface area contributed by atoms with Crippen molar-refractivity contribution in [2.24, 2.45) is 0 Å². The molecular weight excluding hydrogens is 182 g/mol. The smallest absolute Gasteiger partial charge is 0.165 e. The second-order valence-corrected chi connectivity index (χ2v) is 3.40. The van der Waals surface area contributed by atoms with Gasteiger partial charge in [-0.15, -0.1) is 0 Å². The Morgan fingerprint density at radius 2 is 2.15 bits per heavy atom. The molecule has 0 spiro atoms. The van der Waals surface area contributed by atoms with Gasteiger partial charge < -0.3 is 5.73 Å². The molecule has 0 fully saturated rings. The molecule has 0 atom stereocenters. The molecule has 1 aromatic heterocycles. The molecule has 4 heteroatoms. The predicted molar refractivity (Wildman–Crippen MR) is 54.5 cm³/mol. The molecule has 2 rings (SSSR count). The Morgan fingerprint density at radius 1 is 1.31 bits per heavy atom. The molecule has 0 radical (unpaired) electrons. The predicted octanol–water partition coefficient (Wildman–Crippen LogP) is 2.10. The first-order chi connectivity index (χ1) is 6.27. The lowest BCUT2D eigenvalue weighted by atomic mass is 10.1. The Kier molecular flexibility index (Phi) is 1.98. The van der Waals surface area contributed by atoms with E-state index in [1.807, 2.05) is 31.2 Å². The van der Waals surface area contributed by atoms with E-state index in [-0.39, 0.29) is 0 Å². The summed E-state index contributed by atoms with van der Waals surface area (Å²) in [6.07, 6.45) is 0. The van der Waals surface area contributed by atoms with Gasteiger partial charge in [-0.1, -0.05) is 23.8 Å². The average molecular weight is 191 g/mol. The standard InChI is InChI=1S/C9H9N3S/c1-6-3-2-4-7(5-6)8-9(10)12-13-11-8/h2-5H,1H3,(H2,10,12). The molecule has 0 bridgehead atoms. The topological polar surface area (TPSA) is 51.8 Å². The van der Waals surface area contributed by atoms with Crippen molar-refractivity contribution in [3.8, 4) is 11.3 Å². The van der Waals surface area contributed by atoms with E-state index in [2.05, 4.69) is 8.75 Å². The van der Waals surface area contributed by atoms with Crippen molar-refractivity contribution < 1.29 is 0 Å². The van der Waals surface area contributed by atoms with Crippen LogP contribution in [0.4, 0.5) is 5.82 Å². The summed E-state index contributed by atoms with van der Waals surface area (Å²) < 4.78 is 8.06. The van der Waals surface area contributed by atoms with Gasteiger partial charge in [-0.2, -0.15) is 8.75 Å². The lowest BCUT2D eigenvalue weighted by molar-refractivity contribution is 1.43. The number of nitrogen functional groups attached to an aromatic ring is 1. The minimum atomic E-state index is 0.510. The normalized spacial score (nSPS) is 10.2. The van der Waals surface area contributed by atoms with Crippen LogP contribution in [0.5, 0.6) is 0 Å². The molecular formula is C9H9N3S. The van der Waals surface area contributed by atoms with Gasteiger partial charge in [0.2, 0.25) is 0 Å². The number of rotatable bonds is 1. The van der Waals surface area contributed by atoms with Crippen molar-refractivity contribution in [2.45, 2.75) is 6.92 Å². The average Bonchev–Trinajstić information content (AvgIpc) is 2.51. The van der Waals surface area contributed by atoms with E-state index < -0.39 is 0 Å². The maximum absolute atomic E-state index is 5.66. The van der Waals surface area contributed by atoms with Gasteiger partial charge in [-0.05, 0) is 13.0 Å². The fraction of sp³-hybridized carbons (Fsp3) is 0.111. The quantitative estimate of drug-likeness (QED) is 0.751. The molecule has 66 valence electrons. The minimum Gasteiger partial charge on any atom is -0.381 e. The third-order valence-corrected chi connectivity index (χ3v) is 2.35. The summed E-state index contributed by atoms with van der Waals surface area (Å²) in [6.45, 7) is 2.04. The van der Waals surface area contributed by atoms with Crippen LogP contribution in [-0.4, -0.2) is 8.75 Å². The Balaban J connectivity index is 2.53. The highest BCUT2D eigenvalue weighted by molar-refractivity contribution is 6.99. The number of aromatic nitrogens is 2. The van der Waals surface area contributed by atoms with Crippen LogP contribution in [0.1, 0.15) is 5.56 Å². The van der Waals surface area contributed by atoms with Gasteiger partial charge in [0.05, 0.1) is 11.7 Å². The van der Waals surface area contributed by atoms with Crippen molar-refractivity contribution in [3.05, 3.63) is 29.8 Å². The van der Waals surface area contributed by atoms with Gasteiger partial charge in [0.15, 0.2) is 5.82 Å². The van der Waals surface area contributed by atoms with Gasteiger partial charge in [0.1, 0.15) is 5.69 Å². The van der Waals surface area contributed by atoms with Crippen LogP contribution in [0, 0.1) is 6.92 Å². The summed E-state index contributed by atoms with van der Waals surface area (Å²) >= 11 is 1.14. The van der Waals surface area contributed by atoms with Gasteiger partial charge in [-0.3, -0.25) is 0 Å². The monoisotopic (exact) mass is 191 g/mol. The molecule has 0 aliphatic carbocycles. The van der Waals surface area contributed by atoms with Crippen LogP contribution in [0.2, 0.25) is 0 Å². The molecule has 0 saturated carbocycles. The fourth-order valence-corrected chi connectivity index (χ4v) is 1.68. The summed E-state index contributed by atoms with van der Waals surface area (Å²) in [6, 6.07) is 8.07. The van der Waals surface area contributed by atoms with Crippen LogP contribution in [0.15, 0.2) is 24.3 Å². The summed E-state index contributed by atoms with van der Waals surface area (Å²) in [4.78, 5) is 0. The van der Waals surface area contributed by atoms with E-state index in [0.29, 0.717) is 5.82 Å². The van der Waals surface area contributed by atoms with Crippen LogP contribution in [0.3, 0.4) is 0 Å². The molecule has 0 aliphatic heterocycles. The number of anilines is 1. The first-order valence-corrected chi connectivity index (χ1v) is 4.65. The number of aryl methyl sites for hydroxylation is 1. The van der Waals surface area contributed by atoms with E-state index in [1.165, 1.54) is 5.56 Å². The molecule has 0 unspecified atom stereocenters. The number of nitrogens with zero attached hydrogens (tertiary/aromatic N) is 2. The number of nitrogens with two attached hydrogens (primary N) is 1. The second-order valence-electron chi connectivity index (χ2n) is 2.87. The number of hydrogen-bond donors (Lipinski definition) is 1. The highest BCUT2D eigenvalue weighted by atomic mass is 32.1. The third kappa shape index (κ3) is 1.53. The van der Waals surface area contributed by atoms with Crippen LogP contribution < -0.4 is 5.73 Å². The zero-order valence-electron chi connectivity index (χ0n) is 7.19. The highest BCUT2D eigenvalue weighted by Crippen LogP contribution is 2.23. The summed E-state index contributed by atoms with van der Waals surface area (Å²) in [5, 5.41) is 0. The van der Waals surface area contributed by atoms with Gasteiger partial charge in [-0.25, -0.2) is 0 Å². The second kappa shape index (κ2) is 3.14. The summed E-state index contributed by atoms with van der Waals surface area (Å²) in [5.41, 5.74) is 8.68. The molecule has 0 aliphatic rings. The first kappa shape index (κ1) is 8.19. The molecule has 2 N–H and O–H groups in total. The Morgan fingerprint density at radius 3 is 2.77 bits per heavy atom. The minimum absolute atomic E-state index is 0.510. The summed E-state index contributed by atoms with van der Waals surface area (Å²) in [7, 11) is 0. The maximum Gasteiger partial charge on any atom is 0.165 e. The molecule has 3 nitrogen and oxygen atoms in total. The SMILES string of the molecule is Cc1cccc(-c2nsnc2N)c1. The van der Waals surface area contributed by atoms with Gasteiger partial charge >= 0.3 is 0 Å². The Labute approximate surface area is 80.6 Å². The fourth-order valence-electron chi connectivity index (χ4n) is 1.19. The molecule has 0 amide bonds. The molecule has 13 heavy (non-hydrogen) atoms. The zero-order valence-corrected chi connectivity index (χ0v) is 8.01. The molecule has 2 aromatic rings. The van der Waals surface area contributed by atoms with E-state index in [0.717, 1.165) is 23.0 Å². The van der Waals surface area contributed by atoms with Crippen LogP contribution in [0.25, 0.3) is 11.3 Å². The highest BCUT2D eigenvalue weighted by Gasteiger charge is 2.06. The van der Waals surface area contributed by atoms with Gasteiger partial charge in [0, 0.05) is 5.56 Å². The number of hydrogen-bond acceptors (Lipinski definition) is 4. The largest absolute Gasteiger partial charge is 0.381 e. The molecule has 0 saturated heterocycles. The summed E-state index contributed by atoms with van der Waals surface area (Å²) in [5.74, 6) is 0.510. The van der Waals surface area contributed by atoms with Crippen molar-refractivity contribution in [1.29, 1.82) is 0 Å². The van der Waals surface area contributed by atoms with E-state index in [4.69, 9.17) is 5.73 Å². The van der Waals surface area contributed by atoms with Crippen LogP contribution >= 0.6 is 11.7 Å². The number of benzene rings is 1. The van der Waals surface area contributed by atoms with Crippen molar-refractivity contribution in [2.75, 3.05) is 5.73 Å². The molecule has 1 heterocycles. The van der Waals surface area contributed by atoms with E-state index >= 15 is 0 Å². The van der Waals surface area contributed by atoms with Crippen molar-refractivity contribution >= 4 is 17.5 Å². The third-order valence-electron chi connectivity index (χ3n) is 1.81. The van der Waals surface area contributed by atoms with Crippen LogP contribution in [-0.2, 0) is 0 Å². The lowest BCUT2D eigenvalue weighted by Crippen LogP contribution is -1.88. The van der Waals surface area contributed by atoms with Crippen molar-refractivity contribution in [3.63, 3.8) is 0 Å². The van der Waals surface area contributed by atoms with E-state index in [1.54, 1.807) is 0 Å². The maximum atomic E-state index is 5.66.